The zero-order chi connectivity index (χ0) is 26.5. The number of nitrogens with zero attached hydrogens (tertiary/aromatic N) is 4. The van der Waals surface area contributed by atoms with Crippen LogP contribution in [-0.2, 0) is 13.1 Å². The monoisotopic (exact) mass is 503 g/mol. The zero-order valence-corrected chi connectivity index (χ0v) is 20.9. The van der Waals surface area contributed by atoms with E-state index < -0.39 is 5.91 Å². The minimum Gasteiger partial charge on any atom is -0.494 e. The highest BCUT2D eigenvalue weighted by Gasteiger charge is 2.21. The number of hydrogen-bond acceptors (Lipinski definition) is 6. The molecule has 0 aliphatic heterocycles. The minimum atomic E-state index is -0.619. The van der Waals surface area contributed by atoms with Crippen LogP contribution >= 0.6 is 0 Å². The SMILES string of the molecule is CCn1nc(C)cc1C(=O)Nc1nc2cc(C(N)=O)cc(OC)c2n1CCCNC(=O)c1ccccc1. The number of methoxy groups -OCH3 is 1. The number of aromatic nitrogens is 4. The van der Waals surface area contributed by atoms with Crippen LogP contribution in [0.3, 0.4) is 0 Å². The van der Waals surface area contributed by atoms with E-state index in [1.165, 1.54) is 7.11 Å². The number of anilines is 1. The van der Waals surface area contributed by atoms with Gasteiger partial charge < -0.3 is 20.4 Å². The largest absolute Gasteiger partial charge is 0.494 e. The molecule has 2 heterocycles. The van der Waals surface area contributed by atoms with Crippen LogP contribution in [0.1, 0.15) is 50.2 Å². The number of carbonyl (C=O) groups is 3. The van der Waals surface area contributed by atoms with Crippen molar-refractivity contribution in [1.29, 1.82) is 0 Å². The molecule has 37 heavy (non-hydrogen) atoms. The van der Waals surface area contributed by atoms with E-state index >= 15 is 0 Å². The lowest BCUT2D eigenvalue weighted by atomic mass is 10.1. The van der Waals surface area contributed by atoms with Gasteiger partial charge in [0.25, 0.3) is 11.8 Å². The van der Waals surface area contributed by atoms with Crippen LogP contribution in [0.25, 0.3) is 11.0 Å². The van der Waals surface area contributed by atoms with Gasteiger partial charge in [0.2, 0.25) is 11.9 Å². The van der Waals surface area contributed by atoms with Gasteiger partial charge in [-0.3, -0.25) is 24.4 Å². The van der Waals surface area contributed by atoms with Crippen molar-refractivity contribution in [2.24, 2.45) is 5.73 Å². The predicted molar refractivity (Wildman–Crippen MR) is 139 cm³/mol. The van der Waals surface area contributed by atoms with E-state index in [2.05, 4.69) is 20.7 Å². The van der Waals surface area contributed by atoms with Crippen LogP contribution < -0.4 is 21.1 Å². The first-order valence-electron chi connectivity index (χ1n) is 11.9. The van der Waals surface area contributed by atoms with Gasteiger partial charge in [-0.2, -0.15) is 5.10 Å². The molecule has 4 rings (SSSR count). The molecule has 192 valence electrons. The first-order chi connectivity index (χ1) is 17.8. The summed E-state index contributed by atoms with van der Waals surface area (Å²) in [5.74, 6) is -0.494. The van der Waals surface area contributed by atoms with Gasteiger partial charge >= 0.3 is 0 Å². The molecule has 0 fully saturated rings. The number of carbonyl (C=O) groups excluding carboxylic acids is 3. The van der Waals surface area contributed by atoms with Gasteiger partial charge in [0, 0.05) is 30.8 Å². The predicted octanol–water partition coefficient (Wildman–Crippen LogP) is 2.74. The second kappa shape index (κ2) is 10.9. The average Bonchev–Trinajstić information content (AvgIpc) is 3.45. The van der Waals surface area contributed by atoms with Gasteiger partial charge in [-0.1, -0.05) is 18.2 Å². The summed E-state index contributed by atoms with van der Waals surface area (Å²) < 4.78 is 8.95. The fraction of sp³-hybridized carbons (Fsp3) is 0.269. The number of hydrogen-bond donors (Lipinski definition) is 3. The summed E-state index contributed by atoms with van der Waals surface area (Å²) in [6, 6.07) is 13.8. The highest BCUT2D eigenvalue weighted by atomic mass is 16.5. The molecule has 11 nitrogen and oxygen atoms in total. The third-order valence-corrected chi connectivity index (χ3v) is 5.85. The molecule has 0 bridgehead atoms. The second-order valence-electron chi connectivity index (χ2n) is 8.41. The number of ether oxygens (including phenoxy) is 1. The van der Waals surface area contributed by atoms with Crippen molar-refractivity contribution >= 4 is 34.7 Å². The molecule has 4 N–H and O–H groups in total. The third kappa shape index (κ3) is 5.45. The van der Waals surface area contributed by atoms with Crippen LogP contribution in [0, 0.1) is 6.92 Å². The molecule has 0 saturated carbocycles. The van der Waals surface area contributed by atoms with Crippen molar-refractivity contribution in [3.63, 3.8) is 0 Å². The summed E-state index contributed by atoms with van der Waals surface area (Å²) in [4.78, 5) is 42.0. The minimum absolute atomic E-state index is 0.170. The van der Waals surface area contributed by atoms with Crippen LogP contribution in [0.15, 0.2) is 48.5 Å². The van der Waals surface area contributed by atoms with Gasteiger partial charge in [0.05, 0.1) is 18.3 Å². The summed E-state index contributed by atoms with van der Waals surface area (Å²) in [5.41, 5.74) is 8.47. The van der Waals surface area contributed by atoms with Crippen molar-refractivity contribution in [3.05, 3.63) is 71.0 Å². The quantitative estimate of drug-likeness (QED) is 0.284. The second-order valence-corrected chi connectivity index (χ2v) is 8.41. The molecular weight excluding hydrogens is 474 g/mol. The smallest absolute Gasteiger partial charge is 0.276 e. The molecule has 0 aliphatic rings. The topological polar surface area (TPSA) is 146 Å². The van der Waals surface area contributed by atoms with Crippen molar-refractivity contribution in [1.82, 2.24) is 24.6 Å². The normalized spacial score (nSPS) is 10.9. The Morgan fingerprint density at radius 2 is 1.81 bits per heavy atom. The number of nitrogens with two attached hydrogens (primary N) is 1. The van der Waals surface area contributed by atoms with E-state index in [9.17, 15) is 14.4 Å². The molecule has 2 aromatic heterocycles. The van der Waals surface area contributed by atoms with E-state index in [4.69, 9.17) is 10.5 Å². The highest BCUT2D eigenvalue weighted by molar-refractivity contribution is 6.04. The Morgan fingerprint density at radius 3 is 2.49 bits per heavy atom. The Kier molecular flexibility index (Phi) is 7.52. The van der Waals surface area contributed by atoms with Gasteiger partial charge in [-0.25, -0.2) is 4.98 Å². The van der Waals surface area contributed by atoms with Gasteiger partial charge in [0.1, 0.15) is 17.0 Å². The summed E-state index contributed by atoms with van der Waals surface area (Å²) in [7, 11) is 1.48. The number of fused-ring (bicyclic) bond motifs is 1. The maximum absolute atomic E-state index is 13.2. The van der Waals surface area contributed by atoms with Gasteiger partial charge in [0.15, 0.2) is 0 Å². The molecular formula is C26H29N7O4. The van der Waals surface area contributed by atoms with Gasteiger partial charge in [-0.05, 0) is 50.6 Å². The van der Waals surface area contributed by atoms with Crippen molar-refractivity contribution in [3.8, 4) is 5.75 Å². The number of imidazole rings is 1. The highest BCUT2D eigenvalue weighted by Crippen LogP contribution is 2.31. The molecule has 0 aliphatic carbocycles. The molecule has 0 radical (unpaired) electrons. The summed E-state index contributed by atoms with van der Waals surface area (Å²) in [6.07, 6.45) is 0.541. The Bertz CT molecular complexity index is 1460. The lowest BCUT2D eigenvalue weighted by molar-refractivity contribution is 0.0951. The Balaban J connectivity index is 1.63. The molecule has 2 aromatic carbocycles. The van der Waals surface area contributed by atoms with Crippen molar-refractivity contribution in [2.75, 3.05) is 19.0 Å². The first kappa shape index (κ1) is 25.4. The fourth-order valence-electron chi connectivity index (χ4n) is 4.11. The Labute approximate surface area is 213 Å². The number of primary amides is 1. The van der Waals surface area contributed by atoms with Crippen LogP contribution in [-0.4, -0.2) is 50.7 Å². The maximum Gasteiger partial charge on any atom is 0.276 e. The zero-order valence-electron chi connectivity index (χ0n) is 20.9. The lowest BCUT2D eigenvalue weighted by Crippen LogP contribution is -2.25. The van der Waals surface area contributed by atoms with Gasteiger partial charge in [-0.15, -0.1) is 0 Å². The van der Waals surface area contributed by atoms with Crippen molar-refractivity contribution in [2.45, 2.75) is 33.4 Å². The Morgan fingerprint density at radius 1 is 1.05 bits per heavy atom. The van der Waals surface area contributed by atoms with E-state index in [0.717, 1.165) is 5.69 Å². The molecule has 0 atom stereocenters. The van der Waals surface area contributed by atoms with E-state index in [1.54, 1.807) is 51.7 Å². The number of benzene rings is 2. The summed E-state index contributed by atoms with van der Waals surface area (Å²) >= 11 is 0. The Hall–Kier alpha value is -4.67. The standard InChI is InChI=1S/C26H29N7O4/c1-4-33-20(13-16(2)31-33)25(36)30-26-29-19-14-18(23(27)34)15-21(37-3)22(19)32(26)12-8-11-28-24(35)17-9-6-5-7-10-17/h5-7,9-10,13-15H,4,8,11-12H2,1-3H3,(H2,27,34)(H,28,35)(H,29,30,36). The third-order valence-electron chi connectivity index (χ3n) is 5.85. The molecule has 0 spiro atoms. The average molecular weight is 504 g/mol. The number of amides is 3. The fourth-order valence-corrected chi connectivity index (χ4v) is 4.11. The molecule has 11 heteroatoms. The van der Waals surface area contributed by atoms with E-state index in [1.807, 2.05) is 19.9 Å². The van der Waals surface area contributed by atoms with Crippen molar-refractivity contribution < 1.29 is 19.1 Å². The molecule has 0 saturated heterocycles. The number of rotatable bonds is 10. The summed E-state index contributed by atoms with van der Waals surface area (Å²) in [5, 5.41) is 10.1. The maximum atomic E-state index is 13.2. The summed E-state index contributed by atoms with van der Waals surface area (Å²) in [6.45, 7) is 5.05. The van der Waals surface area contributed by atoms with E-state index in [-0.39, 0.29) is 23.3 Å². The first-order valence-corrected chi connectivity index (χ1v) is 11.9. The molecule has 4 aromatic rings. The molecule has 3 amide bonds. The van der Waals surface area contributed by atoms with E-state index in [0.29, 0.717) is 54.1 Å². The number of aryl methyl sites for hydroxylation is 3. The number of nitrogens with one attached hydrogen (secondary N) is 2. The van der Waals surface area contributed by atoms with Crippen LogP contribution in [0.4, 0.5) is 5.95 Å². The molecule has 0 unspecified atom stereocenters. The van der Waals surface area contributed by atoms with Crippen LogP contribution in [0.5, 0.6) is 5.75 Å². The lowest BCUT2D eigenvalue weighted by Gasteiger charge is -2.13. The van der Waals surface area contributed by atoms with Crippen LogP contribution in [0.2, 0.25) is 0 Å².